The van der Waals surface area contributed by atoms with Crippen molar-refractivity contribution in [1.82, 2.24) is 14.7 Å². The Kier molecular flexibility index (Phi) is 5.33. The number of imide groups is 1. The molecule has 0 saturated heterocycles. The van der Waals surface area contributed by atoms with Gasteiger partial charge in [-0.05, 0) is 18.6 Å². The number of fused-ring (bicyclic) bond motifs is 1. The Hall–Kier alpha value is -2.70. The van der Waals surface area contributed by atoms with Crippen molar-refractivity contribution in [1.29, 1.82) is 0 Å². The summed E-state index contributed by atoms with van der Waals surface area (Å²) in [6, 6.07) is 6.68. The van der Waals surface area contributed by atoms with E-state index in [2.05, 4.69) is 0 Å². The van der Waals surface area contributed by atoms with E-state index < -0.39 is 0 Å². The molecule has 1 aliphatic rings. The third-order valence-corrected chi connectivity index (χ3v) is 3.95. The number of nitrogens with zero attached hydrogens (tertiary/aromatic N) is 3. The van der Waals surface area contributed by atoms with Gasteiger partial charge in [-0.2, -0.15) is 0 Å². The van der Waals surface area contributed by atoms with Gasteiger partial charge in [-0.15, -0.1) is 0 Å². The van der Waals surface area contributed by atoms with Crippen LogP contribution in [0.15, 0.2) is 24.3 Å². The maximum absolute atomic E-state index is 12.2. The summed E-state index contributed by atoms with van der Waals surface area (Å²) in [5.74, 6) is -0.994. The van der Waals surface area contributed by atoms with Gasteiger partial charge in [0.05, 0.1) is 17.7 Å². The topological polar surface area (TPSA) is 78.0 Å². The van der Waals surface area contributed by atoms with Crippen LogP contribution in [0.25, 0.3) is 0 Å². The number of benzene rings is 1. The molecule has 0 aliphatic carbocycles. The molecule has 24 heavy (non-hydrogen) atoms. The summed E-state index contributed by atoms with van der Waals surface area (Å²) in [6.45, 7) is 0.201. The Bertz CT molecular complexity index is 649. The summed E-state index contributed by atoms with van der Waals surface area (Å²) < 4.78 is 0. The molecule has 0 saturated carbocycles. The molecule has 1 heterocycles. The normalized spacial score (nSPS) is 13.0. The number of carbonyl (C=O) groups is 4. The number of likely N-dealkylation sites (N-methyl/N-ethyl adjacent to an activating group) is 2. The monoisotopic (exact) mass is 331 g/mol. The summed E-state index contributed by atoms with van der Waals surface area (Å²) in [5.41, 5.74) is 0.810. The van der Waals surface area contributed by atoms with Crippen LogP contribution in [-0.2, 0) is 9.59 Å². The van der Waals surface area contributed by atoms with E-state index in [4.69, 9.17) is 0 Å². The molecule has 0 bridgehead atoms. The first-order chi connectivity index (χ1) is 11.3. The standard InChI is InChI=1S/C17H21N3O4/c1-18(2)15(22)11-19(3)14(21)9-6-10-20-16(23)12-7-4-5-8-13(12)17(20)24/h4-5,7-8H,6,9-11H2,1-3H3. The van der Waals surface area contributed by atoms with E-state index in [1.807, 2.05) is 0 Å². The predicted molar refractivity (Wildman–Crippen MR) is 87.4 cm³/mol. The zero-order valence-corrected chi connectivity index (χ0v) is 14.1. The molecule has 0 atom stereocenters. The molecule has 128 valence electrons. The van der Waals surface area contributed by atoms with Crippen molar-refractivity contribution < 1.29 is 19.2 Å². The van der Waals surface area contributed by atoms with Crippen molar-refractivity contribution in [2.24, 2.45) is 0 Å². The second-order valence-corrected chi connectivity index (χ2v) is 5.95. The lowest BCUT2D eigenvalue weighted by molar-refractivity contribution is -0.138. The highest BCUT2D eigenvalue weighted by Crippen LogP contribution is 2.22. The van der Waals surface area contributed by atoms with Gasteiger partial charge in [-0.25, -0.2) is 0 Å². The summed E-state index contributed by atoms with van der Waals surface area (Å²) in [7, 11) is 4.82. The molecule has 2 rings (SSSR count). The van der Waals surface area contributed by atoms with Crippen LogP contribution in [0.1, 0.15) is 33.6 Å². The average Bonchev–Trinajstić information content (AvgIpc) is 2.79. The molecule has 0 fully saturated rings. The molecular formula is C17H21N3O4. The zero-order chi connectivity index (χ0) is 17.9. The summed E-state index contributed by atoms with van der Waals surface area (Å²) in [5, 5.41) is 0. The first kappa shape index (κ1) is 17.7. The molecule has 4 amide bonds. The first-order valence-electron chi connectivity index (χ1n) is 7.72. The summed E-state index contributed by atoms with van der Waals surface area (Å²) in [6.07, 6.45) is 0.537. The molecule has 0 N–H and O–H groups in total. The van der Waals surface area contributed by atoms with E-state index in [0.717, 1.165) is 0 Å². The summed E-state index contributed by atoms with van der Waals surface area (Å²) >= 11 is 0. The van der Waals surface area contributed by atoms with Gasteiger partial charge >= 0.3 is 0 Å². The minimum absolute atomic E-state index is 0.0127. The molecule has 7 heteroatoms. The van der Waals surface area contributed by atoms with Gasteiger partial charge in [-0.1, -0.05) is 12.1 Å². The molecule has 0 radical (unpaired) electrons. The third-order valence-electron chi connectivity index (χ3n) is 3.95. The molecule has 1 aromatic rings. The van der Waals surface area contributed by atoms with Crippen molar-refractivity contribution in [3.63, 3.8) is 0 Å². The Balaban J connectivity index is 1.85. The zero-order valence-electron chi connectivity index (χ0n) is 14.1. The minimum Gasteiger partial charge on any atom is -0.347 e. The lowest BCUT2D eigenvalue weighted by atomic mass is 10.1. The van der Waals surface area contributed by atoms with Gasteiger partial charge in [0.2, 0.25) is 11.8 Å². The summed E-state index contributed by atoms with van der Waals surface area (Å²) in [4.78, 5) is 51.9. The van der Waals surface area contributed by atoms with Gasteiger partial charge < -0.3 is 9.80 Å². The molecule has 7 nitrogen and oxygen atoms in total. The molecule has 1 aromatic carbocycles. The highest BCUT2D eigenvalue weighted by molar-refractivity contribution is 6.21. The Morgan fingerprint density at radius 3 is 2.00 bits per heavy atom. The van der Waals surface area contributed by atoms with Crippen LogP contribution >= 0.6 is 0 Å². The third kappa shape index (κ3) is 3.61. The van der Waals surface area contributed by atoms with Gasteiger partial charge in [0.1, 0.15) is 0 Å². The Morgan fingerprint density at radius 2 is 1.50 bits per heavy atom. The fourth-order valence-corrected chi connectivity index (χ4v) is 2.45. The predicted octanol–water partition coefficient (Wildman–Crippen LogP) is 0.609. The Labute approximate surface area is 140 Å². The average molecular weight is 331 g/mol. The van der Waals surface area contributed by atoms with E-state index in [-0.39, 0.29) is 43.1 Å². The lowest BCUT2D eigenvalue weighted by Gasteiger charge is -2.20. The van der Waals surface area contributed by atoms with Crippen molar-refractivity contribution in [3.05, 3.63) is 35.4 Å². The number of amides is 4. The first-order valence-corrected chi connectivity index (χ1v) is 7.72. The Morgan fingerprint density at radius 1 is 0.958 bits per heavy atom. The van der Waals surface area contributed by atoms with Crippen LogP contribution in [0.3, 0.4) is 0 Å². The van der Waals surface area contributed by atoms with Crippen LogP contribution in [0.4, 0.5) is 0 Å². The van der Waals surface area contributed by atoms with Gasteiger partial charge in [0, 0.05) is 34.1 Å². The number of rotatable bonds is 6. The van der Waals surface area contributed by atoms with Gasteiger partial charge in [-0.3, -0.25) is 24.1 Å². The minimum atomic E-state index is -0.320. The largest absolute Gasteiger partial charge is 0.347 e. The number of hydrogen-bond donors (Lipinski definition) is 0. The van der Waals surface area contributed by atoms with E-state index in [0.29, 0.717) is 17.5 Å². The van der Waals surface area contributed by atoms with Gasteiger partial charge in [0.15, 0.2) is 0 Å². The van der Waals surface area contributed by atoms with Crippen LogP contribution in [0.2, 0.25) is 0 Å². The van der Waals surface area contributed by atoms with E-state index >= 15 is 0 Å². The fourth-order valence-electron chi connectivity index (χ4n) is 2.45. The number of carbonyl (C=O) groups excluding carboxylic acids is 4. The van der Waals surface area contributed by atoms with Gasteiger partial charge in [0.25, 0.3) is 11.8 Å². The van der Waals surface area contributed by atoms with Crippen molar-refractivity contribution in [2.75, 3.05) is 34.2 Å². The lowest BCUT2D eigenvalue weighted by Crippen LogP contribution is -2.38. The van der Waals surface area contributed by atoms with E-state index in [9.17, 15) is 19.2 Å². The second-order valence-electron chi connectivity index (χ2n) is 5.95. The highest BCUT2D eigenvalue weighted by atomic mass is 16.2. The van der Waals surface area contributed by atoms with Crippen molar-refractivity contribution >= 4 is 23.6 Å². The second kappa shape index (κ2) is 7.25. The maximum atomic E-state index is 12.2. The molecule has 0 unspecified atom stereocenters. The quantitative estimate of drug-likeness (QED) is 0.716. The van der Waals surface area contributed by atoms with Crippen molar-refractivity contribution in [3.8, 4) is 0 Å². The van der Waals surface area contributed by atoms with Crippen LogP contribution in [0, 0.1) is 0 Å². The molecular weight excluding hydrogens is 310 g/mol. The maximum Gasteiger partial charge on any atom is 0.261 e. The smallest absolute Gasteiger partial charge is 0.261 e. The van der Waals surface area contributed by atoms with Crippen LogP contribution in [0.5, 0.6) is 0 Å². The SMILES string of the molecule is CN(C)C(=O)CN(C)C(=O)CCCN1C(=O)c2ccccc2C1=O. The van der Waals surface area contributed by atoms with Crippen LogP contribution in [-0.4, -0.2) is 72.6 Å². The van der Waals surface area contributed by atoms with E-state index in [1.165, 1.54) is 14.7 Å². The van der Waals surface area contributed by atoms with Crippen LogP contribution < -0.4 is 0 Å². The van der Waals surface area contributed by atoms with Crippen molar-refractivity contribution in [2.45, 2.75) is 12.8 Å². The molecule has 0 spiro atoms. The molecule has 1 aliphatic heterocycles. The van der Waals surface area contributed by atoms with E-state index in [1.54, 1.807) is 45.4 Å². The fraction of sp³-hybridized carbons (Fsp3) is 0.412. The number of hydrogen-bond acceptors (Lipinski definition) is 4. The molecule has 0 aromatic heterocycles. The highest BCUT2D eigenvalue weighted by Gasteiger charge is 2.34.